The summed E-state index contributed by atoms with van der Waals surface area (Å²) in [4.78, 5) is 14.0. The van der Waals surface area contributed by atoms with Crippen LogP contribution in [0.5, 0.6) is 0 Å². The van der Waals surface area contributed by atoms with E-state index in [2.05, 4.69) is 31.3 Å². The van der Waals surface area contributed by atoms with E-state index in [-0.39, 0.29) is 17.6 Å². The Morgan fingerprint density at radius 1 is 1.68 bits per heavy atom. The Balaban J connectivity index is 3.00. The molecular weight excluding hydrogens is 319 g/mol. The number of benzene rings is 1. The highest BCUT2D eigenvalue weighted by Crippen LogP contribution is 2.26. The first-order valence-electron chi connectivity index (χ1n) is 5.36. The predicted octanol–water partition coefficient (Wildman–Crippen LogP) is 2.79. The van der Waals surface area contributed by atoms with Gasteiger partial charge in [-0.05, 0) is 46.1 Å². The summed E-state index contributed by atoms with van der Waals surface area (Å²) >= 11 is 3.02. The van der Waals surface area contributed by atoms with E-state index in [9.17, 15) is 14.3 Å². The molecule has 0 aliphatic rings. The van der Waals surface area contributed by atoms with Crippen molar-refractivity contribution in [3.05, 3.63) is 44.5 Å². The van der Waals surface area contributed by atoms with Crippen LogP contribution in [0, 0.1) is 5.82 Å². The summed E-state index contributed by atoms with van der Waals surface area (Å²) in [5.41, 5.74) is 7.16. The van der Waals surface area contributed by atoms with Crippen molar-refractivity contribution in [1.29, 1.82) is 0 Å². The quantitative estimate of drug-likeness (QED) is 0.363. The molecule has 6 nitrogen and oxygen atoms in total. The topological polar surface area (TPSA) is 98.1 Å². The van der Waals surface area contributed by atoms with Crippen LogP contribution in [0.25, 0.3) is 10.4 Å². The Hall–Kier alpha value is -1.63. The summed E-state index contributed by atoms with van der Waals surface area (Å²) in [6, 6.07) is 3.99. The smallest absolute Gasteiger partial charge is 0.328 e. The standard InChI is InChI=1S/C11H12BrFN4O2/c1-11(10(18)19,15-4-5-16-17-14)7-2-3-9(13)8(12)6-7/h2-3,6,15H,4-5H2,1H3,(H,18,19). The first kappa shape index (κ1) is 15.4. The van der Waals surface area contributed by atoms with Gasteiger partial charge in [-0.25, -0.2) is 9.18 Å². The zero-order valence-corrected chi connectivity index (χ0v) is 11.7. The molecule has 19 heavy (non-hydrogen) atoms. The number of halogens is 2. The zero-order valence-electron chi connectivity index (χ0n) is 10.1. The van der Waals surface area contributed by atoms with Crippen LogP contribution in [0.1, 0.15) is 12.5 Å². The molecule has 0 saturated heterocycles. The van der Waals surface area contributed by atoms with Crippen molar-refractivity contribution in [1.82, 2.24) is 5.32 Å². The van der Waals surface area contributed by atoms with E-state index in [1.807, 2.05) is 0 Å². The SMILES string of the molecule is CC(NCCN=[N+]=[N-])(C(=O)O)c1ccc(F)c(Br)c1. The average Bonchev–Trinajstić information content (AvgIpc) is 2.37. The Bertz CT molecular complexity index is 533. The molecule has 0 aliphatic heterocycles. The van der Waals surface area contributed by atoms with E-state index in [0.29, 0.717) is 5.56 Å². The molecule has 8 heteroatoms. The van der Waals surface area contributed by atoms with E-state index in [0.717, 1.165) is 0 Å². The molecule has 0 radical (unpaired) electrons. The van der Waals surface area contributed by atoms with Gasteiger partial charge in [0.25, 0.3) is 0 Å². The average molecular weight is 331 g/mol. The van der Waals surface area contributed by atoms with E-state index in [1.54, 1.807) is 0 Å². The lowest BCUT2D eigenvalue weighted by molar-refractivity contribution is -0.144. The van der Waals surface area contributed by atoms with Gasteiger partial charge in [-0.3, -0.25) is 5.32 Å². The van der Waals surface area contributed by atoms with Gasteiger partial charge in [-0.1, -0.05) is 11.2 Å². The van der Waals surface area contributed by atoms with Crippen molar-refractivity contribution >= 4 is 21.9 Å². The summed E-state index contributed by atoms with van der Waals surface area (Å²) in [5, 5.41) is 15.4. The second-order valence-corrected chi connectivity index (χ2v) is 4.79. The van der Waals surface area contributed by atoms with Gasteiger partial charge >= 0.3 is 5.97 Å². The van der Waals surface area contributed by atoms with Crippen molar-refractivity contribution in [2.24, 2.45) is 5.11 Å². The molecule has 1 atom stereocenters. The molecule has 1 unspecified atom stereocenters. The van der Waals surface area contributed by atoms with Crippen LogP contribution in [0.15, 0.2) is 27.8 Å². The number of azide groups is 1. The number of nitrogens with zero attached hydrogens (tertiary/aromatic N) is 3. The minimum Gasteiger partial charge on any atom is -0.480 e. The van der Waals surface area contributed by atoms with Gasteiger partial charge in [0.15, 0.2) is 0 Å². The summed E-state index contributed by atoms with van der Waals surface area (Å²) in [6.07, 6.45) is 0. The second kappa shape index (κ2) is 6.51. The first-order valence-corrected chi connectivity index (χ1v) is 6.16. The van der Waals surface area contributed by atoms with E-state index >= 15 is 0 Å². The van der Waals surface area contributed by atoms with E-state index in [1.165, 1.54) is 25.1 Å². The second-order valence-electron chi connectivity index (χ2n) is 3.94. The van der Waals surface area contributed by atoms with Crippen LogP contribution in [0.2, 0.25) is 0 Å². The van der Waals surface area contributed by atoms with Crippen LogP contribution in [-0.2, 0) is 10.3 Å². The third-order valence-electron chi connectivity index (χ3n) is 2.68. The third-order valence-corrected chi connectivity index (χ3v) is 3.29. The summed E-state index contributed by atoms with van der Waals surface area (Å²) < 4.78 is 13.4. The maximum atomic E-state index is 13.2. The van der Waals surface area contributed by atoms with Crippen molar-refractivity contribution in [3.63, 3.8) is 0 Å². The number of carboxylic acid groups (broad SMARTS) is 1. The third kappa shape index (κ3) is 3.66. The molecule has 0 aromatic heterocycles. The Morgan fingerprint density at radius 3 is 2.89 bits per heavy atom. The fourth-order valence-corrected chi connectivity index (χ4v) is 1.89. The molecule has 0 spiro atoms. The highest BCUT2D eigenvalue weighted by molar-refractivity contribution is 9.10. The highest BCUT2D eigenvalue weighted by atomic mass is 79.9. The van der Waals surface area contributed by atoms with Crippen LogP contribution >= 0.6 is 15.9 Å². The van der Waals surface area contributed by atoms with Crippen LogP contribution in [0.3, 0.4) is 0 Å². The van der Waals surface area contributed by atoms with Gasteiger partial charge in [0.05, 0.1) is 4.47 Å². The normalized spacial score (nSPS) is 13.4. The molecule has 1 aromatic rings. The summed E-state index contributed by atoms with van der Waals surface area (Å²) in [7, 11) is 0. The van der Waals surface area contributed by atoms with Gasteiger partial charge in [0.2, 0.25) is 0 Å². The molecule has 1 aromatic carbocycles. The van der Waals surface area contributed by atoms with Gasteiger partial charge < -0.3 is 5.11 Å². The van der Waals surface area contributed by atoms with Crippen molar-refractivity contribution in [3.8, 4) is 0 Å². The Labute approximate surface area is 117 Å². The van der Waals surface area contributed by atoms with E-state index in [4.69, 9.17) is 5.53 Å². The molecule has 102 valence electrons. The van der Waals surface area contributed by atoms with Crippen LogP contribution in [0.4, 0.5) is 4.39 Å². The van der Waals surface area contributed by atoms with Crippen LogP contribution < -0.4 is 5.32 Å². The monoisotopic (exact) mass is 330 g/mol. The van der Waals surface area contributed by atoms with Crippen molar-refractivity contribution < 1.29 is 14.3 Å². The number of hydrogen-bond donors (Lipinski definition) is 2. The lowest BCUT2D eigenvalue weighted by Crippen LogP contribution is -2.47. The molecule has 0 amide bonds. The minimum atomic E-state index is -1.39. The van der Waals surface area contributed by atoms with Crippen molar-refractivity contribution in [2.75, 3.05) is 13.1 Å². The molecule has 0 aliphatic carbocycles. The number of aliphatic carboxylic acids is 1. The molecule has 0 bridgehead atoms. The molecule has 2 N–H and O–H groups in total. The van der Waals surface area contributed by atoms with Crippen molar-refractivity contribution in [2.45, 2.75) is 12.5 Å². The fourth-order valence-electron chi connectivity index (χ4n) is 1.51. The zero-order chi connectivity index (χ0) is 14.5. The molecule has 0 heterocycles. The van der Waals surface area contributed by atoms with Gasteiger partial charge in [-0.2, -0.15) is 0 Å². The van der Waals surface area contributed by atoms with Crippen LogP contribution in [-0.4, -0.2) is 24.2 Å². The molecule has 1 rings (SSSR count). The number of carboxylic acids is 1. The molecular formula is C11H12BrFN4O2. The maximum Gasteiger partial charge on any atom is 0.328 e. The number of carbonyl (C=O) groups is 1. The van der Waals surface area contributed by atoms with Gasteiger partial charge in [0, 0.05) is 18.0 Å². The van der Waals surface area contributed by atoms with Gasteiger partial charge in [0.1, 0.15) is 11.4 Å². The summed E-state index contributed by atoms with van der Waals surface area (Å²) in [5.74, 6) is -1.57. The number of nitrogens with one attached hydrogen (secondary N) is 1. The number of rotatable bonds is 6. The lowest BCUT2D eigenvalue weighted by atomic mass is 9.92. The lowest BCUT2D eigenvalue weighted by Gasteiger charge is -2.27. The maximum absolute atomic E-state index is 13.2. The van der Waals surface area contributed by atoms with Gasteiger partial charge in [-0.15, -0.1) is 0 Å². The highest BCUT2D eigenvalue weighted by Gasteiger charge is 2.34. The Kier molecular flexibility index (Phi) is 5.29. The van der Waals surface area contributed by atoms with E-state index < -0.39 is 17.3 Å². The summed E-state index contributed by atoms with van der Waals surface area (Å²) in [6.45, 7) is 1.79. The minimum absolute atomic E-state index is 0.127. The largest absolute Gasteiger partial charge is 0.480 e. The Morgan fingerprint density at radius 2 is 2.37 bits per heavy atom. The first-order chi connectivity index (χ1) is 8.91. The molecule has 0 fully saturated rings. The molecule has 0 saturated carbocycles. The number of hydrogen-bond acceptors (Lipinski definition) is 3. The predicted molar refractivity (Wildman–Crippen MR) is 71.1 cm³/mol. The fraction of sp³-hybridized carbons (Fsp3) is 0.364.